The molecule has 0 aromatic heterocycles. The van der Waals surface area contributed by atoms with Crippen LogP contribution in [0.4, 0.5) is 0 Å². The summed E-state index contributed by atoms with van der Waals surface area (Å²) in [5, 5.41) is 9.61. The number of carbonyl (C=O) groups is 1. The van der Waals surface area contributed by atoms with Crippen LogP contribution in [0.25, 0.3) is 0 Å². The number of hydrogen-bond acceptors (Lipinski definition) is 1. The van der Waals surface area contributed by atoms with Crippen LogP contribution in [0.1, 0.15) is 50.7 Å². The van der Waals surface area contributed by atoms with Crippen LogP contribution in [-0.4, -0.2) is 11.1 Å². The molecular formula is C15H22O2. The average molecular weight is 234 g/mol. The predicted molar refractivity (Wildman–Crippen MR) is 70.3 cm³/mol. The first-order valence-corrected chi connectivity index (χ1v) is 6.37. The lowest BCUT2D eigenvalue weighted by atomic mass is 9.73. The molecule has 0 saturated carbocycles. The van der Waals surface area contributed by atoms with Crippen LogP contribution >= 0.6 is 0 Å². The fourth-order valence-corrected chi connectivity index (χ4v) is 2.48. The highest BCUT2D eigenvalue weighted by Gasteiger charge is 2.38. The van der Waals surface area contributed by atoms with Gasteiger partial charge in [-0.05, 0) is 25.3 Å². The van der Waals surface area contributed by atoms with Gasteiger partial charge in [0.05, 0.1) is 5.41 Å². The van der Waals surface area contributed by atoms with Crippen molar-refractivity contribution in [1.82, 2.24) is 0 Å². The third kappa shape index (κ3) is 2.87. The van der Waals surface area contributed by atoms with Crippen LogP contribution in [0.3, 0.4) is 0 Å². The second-order valence-electron chi connectivity index (χ2n) is 4.75. The van der Waals surface area contributed by atoms with Gasteiger partial charge in [-0.25, -0.2) is 0 Å². The van der Waals surface area contributed by atoms with Crippen LogP contribution in [0, 0.1) is 6.92 Å². The molecule has 0 unspecified atom stereocenters. The van der Waals surface area contributed by atoms with E-state index in [1.807, 2.05) is 45.0 Å². The zero-order valence-electron chi connectivity index (χ0n) is 11.0. The molecule has 0 aliphatic rings. The Balaban J connectivity index is 3.19. The molecule has 0 aliphatic heterocycles. The number of aliphatic carboxylic acids is 1. The van der Waals surface area contributed by atoms with Gasteiger partial charge in [-0.3, -0.25) is 4.79 Å². The van der Waals surface area contributed by atoms with Crippen molar-refractivity contribution in [2.45, 2.75) is 51.9 Å². The van der Waals surface area contributed by atoms with Gasteiger partial charge in [0.25, 0.3) is 0 Å². The van der Waals surface area contributed by atoms with Crippen molar-refractivity contribution < 1.29 is 9.90 Å². The lowest BCUT2D eigenvalue weighted by molar-refractivity contribution is -0.144. The van der Waals surface area contributed by atoms with Gasteiger partial charge in [0.2, 0.25) is 0 Å². The second kappa shape index (κ2) is 5.85. The van der Waals surface area contributed by atoms with Crippen LogP contribution < -0.4 is 0 Å². The van der Waals surface area contributed by atoms with Crippen molar-refractivity contribution in [2.24, 2.45) is 0 Å². The van der Waals surface area contributed by atoms with E-state index in [9.17, 15) is 9.90 Å². The molecule has 0 amide bonds. The first-order chi connectivity index (χ1) is 8.06. The summed E-state index contributed by atoms with van der Waals surface area (Å²) in [7, 11) is 0. The number of benzene rings is 1. The van der Waals surface area contributed by atoms with E-state index in [2.05, 4.69) is 0 Å². The summed E-state index contributed by atoms with van der Waals surface area (Å²) in [5.41, 5.74) is 1.41. The first kappa shape index (κ1) is 13.8. The van der Waals surface area contributed by atoms with E-state index < -0.39 is 11.4 Å². The van der Waals surface area contributed by atoms with Crippen molar-refractivity contribution in [3.05, 3.63) is 35.4 Å². The quantitative estimate of drug-likeness (QED) is 0.810. The van der Waals surface area contributed by atoms with Crippen LogP contribution in [0.15, 0.2) is 24.3 Å². The smallest absolute Gasteiger partial charge is 0.314 e. The monoisotopic (exact) mass is 234 g/mol. The van der Waals surface area contributed by atoms with Gasteiger partial charge in [0.15, 0.2) is 0 Å². The topological polar surface area (TPSA) is 37.3 Å². The molecule has 0 spiro atoms. The molecule has 0 bridgehead atoms. The minimum Gasteiger partial charge on any atom is -0.481 e. The van der Waals surface area contributed by atoms with E-state index in [-0.39, 0.29) is 0 Å². The molecule has 0 fully saturated rings. The minimum atomic E-state index is -0.697. The average Bonchev–Trinajstić information content (AvgIpc) is 2.29. The number of carboxylic acids is 1. The maximum absolute atomic E-state index is 11.7. The summed E-state index contributed by atoms with van der Waals surface area (Å²) in [4.78, 5) is 11.7. The van der Waals surface area contributed by atoms with Gasteiger partial charge in [-0.15, -0.1) is 0 Å². The van der Waals surface area contributed by atoms with Gasteiger partial charge in [-0.2, -0.15) is 0 Å². The number of rotatable bonds is 6. The fourth-order valence-electron chi connectivity index (χ4n) is 2.48. The Kier molecular flexibility index (Phi) is 4.73. The Labute approximate surface area is 104 Å². The molecular weight excluding hydrogens is 212 g/mol. The Morgan fingerprint density at radius 2 is 1.59 bits per heavy atom. The molecule has 0 radical (unpaired) electrons. The van der Waals surface area contributed by atoms with E-state index in [4.69, 9.17) is 0 Å². The van der Waals surface area contributed by atoms with Crippen molar-refractivity contribution in [1.29, 1.82) is 0 Å². The van der Waals surface area contributed by atoms with Gasteiger partial charge in [0, 0.05) is 0 Å². The third-order valence-electron chi connectivity index (χ3n) is 3.37. The molecule has 94 valence electrons. The molecule has 1 aromatic rings. The van der Waals surface area contributed by atoms with Crippen molar-refractivity contribution in [2.75, 3.05) is 0 Å². The summed E-state index contributed by atoms with van der Waals surface area (Å²) in [6.45, 7) is 6.11. The van der Waals surface area contributed by atoms with Crippen LogP contribution in [0.5, 0.6) is 0 Å². The first-order valence-electron chi connectivity index (χ1n) is 6.37. The van der Waals surface area contributed by atoms with E-state index in [1.165, 1.54) is 5.56 Å². The normalized spacial score (nSPS) is 11.5. The van der Waals surface area contributed by atoms with Crippen molar-refractivity contribution in [3.63, 3.8) is 0 Å². The van der Waals surface area contributed by atoms with Gasteiger partial charge >= 0.3 is 5.97 Å². The van der Waals surface area contributed by atoms with Crippen molar-refractivity contribution in [3.8, 4) is 0 Å². The molecule has 2 heteroatoms. The molecule has 0 aliphatic carbocycles. The highest BCUT2D eigenvalue weighted by molar-refractivity contribution is 5.81. The summed E-state index contributed by atoms with van der Waals surface area (Å²) in [5.74, 6) is -0.690. The zero-order chi connectivity index (χ0) is 12.9. The number of carboxylic acid groups (broad SMARTS) is 1. The predicted octanol–water partition coefficient (Wildman–Crippen LogP) is 3.92. The second-order valence-corrected chi connectivity index (χ2v) is 4.75. The fraction of sp³-hybridized carbons (Fsp3) is 0.533. The molecule has 0 atom stereocenters. The van der Waals surface area contributed by atoms with Gasteiger partial charge in [-0.1, -0.05) is 56.5 Å². The molecule has 1 N–H and O–H groups in total. The maximum Gasteiger partial charge on any atom is 0.314 e. The summed E-state index contributed by atoms with van der Waals surface area (Å²) < 4.78 is 0. The molecule has 2 nitrogen and oxygen atoms in total. The van der Waals surface area contributed by atoms with Crippen LogP contribution in [0.2, 0.25) is 0 Å². The van der Waals surface area contributed by atoms with E-state index in [1.54, 1.807) is 0 Å². The van der Waals surface area contributed by atoms with Gasteiger partial charge in [0.1, 0.15) is 0 Å². The number of aryl methyl sites for hydroxylation is 1. The number of hydrogen-bond donors (Lipinski definition) is 1. The SMILES string of the molecule is CCCC(CCC)(C(=O)O)c1ccc(C)cc1. The highest BCUT2D eigenvalue weighted by Crippen LogP contribution is 2.34. The lowest BCUT2D eigenvalue weighted by Crippen LogP contribution is -2.35. The highest BCUT2D eigenvalue weighted by atomic mass is 16.4. The van der Waals surface area contributed by atoms with Crippen LogP contribution in [-0.2, 0) is 10.2 Å². The summed E-state index contributed by atoms with van der Waals surface area (Å²) in [6.07, 6.45) is 3.19. The zero-order valence-corrected chi connectivity index (χ0v) is 11.0. The third-order valence-corrected chi connectivity index (χ3v) is 3.37. The Morgan fingerprint density at radius 1 is 1.12 bits per heavy atom. The lowest BCUT2D eigenvalue weighted by Gasteiger charge is -2.29. The Bertz CT molecular complexity index is 359. The maximum atomic E-state index is 11.7. The Hall–Kier alpha value is -1.31. The molecule has 17 heavy (non-hydrogen) atoms. The van der Waals surface area contributed by atoms with Gasteiger partial charge < -0.3 is 5.11 Å². The minimum absolute atomic E-state index is 0.690. The molecule has 1 rings (SSSR count). The molecule has 0 saturated heterocycles. The van der Waals surface area contributed by atoms with E-state index in [0.29, 0.717) is 12.8 Å². The Morgan fingerprint density at radius 3 is 1.94 bits per heavy atom. The summed E-state index contributed by atoms with van der Waals surface area (Å²) in [6, 6.07) is 7.93. The molecule has 0 heterocycles. The van der Waals surface area contributed by atoms with E-state index in [0.717, 1.165) is 18.4 Å². The summed E-state index contributed by atoms with van der Waals surface area (Å²) >= 11 is 0. The van der Waals surface area contributed by atoms with E-state index >= 15 is 0 Å². The van der Waals surface area contributed by atoms with Crippen molar-refractivity contribution >= 4 is 5.97 Å². The largest absolute Gasteiger partial charge is 0.481 e. The molecule has 1 aromatic carbocycles. The standard InChI is InChI=1S/C15H22O2/c1-4-10-15(11-5-2,14(16)17)13-8-6-12(3)7-9-13/h6-9H,4-5,10-11H2,1-3H3,(H,16,17).